The molecule has 0 radical (unpaired) electrons. The van der Waals surface area contributed by atoms with Crippen LogP contribution < -0.4 is 5.53 Å². The molecule has 0 amide bonds. The number of carbonyl (C=O) groups is 1. The summed E-state index contributed by atoms with van der Waals surface area (Å²) in [4.78, 5) is 8.36. The van der Waals surface area contributed by atoms with E-state index in [0.29, 0.717) is 0 Å². The number of nitrogens with zero attached hydrogens (tertiary/aromatic N) is 2. The maximum absolute atomic E-state index is 8.36. The zero-order valence-corrected chi connectivity index (χ0v) is 8.48. The summed E-state index contributed by atoms with van der Waals surface area (Å²) in [5, 5.41) is 10.9. The van der Waals surface area contributed by atoms with Gasteiger partial charge in [0.2, 0.25) is 0 Å². The molecule has 0 bridgehead atoms. The summed E-state index contributed by atoms with van der Waals surface area (Å²) in [5.41, 5.74) is 3.30. The first-order chi connectivity index (χ1) is 5.91. The summed E-state index contributed by atoms with van der Waals surface area (Å²) in [6.45, 7) is 6.22. The summed E-state index contributed by atoms with van der Waals surface area (Å²) in [7, 11) is 1.97. The number of hydrogen-bond donors (Lipinski definition) is 2. The normalized spacial score (nSPS) is 15.4. The second-order valence-electron chi connectivity index (χ2n) is 3.66. The summed E-state index contributed by atoms with van der Waals surface area (Å²) in [6.07, 6.45) is 4.02. The van der Waals surface area contributed by atoms with Gasteiger partial charge in [0, 0.05) is 25.0 Å². The number of carboxylic acid groups (broad SMARTS) is 1. The third kappa shape index (κ3) is 4.37. The minimum Gasteiger partial charge on any atom is -0.483 e. The lowest BCUT2D eigenvalue weighted by atomic mass is 10.1. The molecule has 13 heavy (non-hydrogen) atoms. The molecule has 0 aromatic rings. The molecule has 2 N–H and O–H groups in total. The van der Waals surface area contributed by atoms with E-state index in [1.54, 1.807) is 0 Å². The van der Waals surface area contributed by atoms with Crippen LogP contribution in [-0.2, 0) is 4.79 Å². The van der Waals surface area contributed by atoms with E-state index in [1.165, 1.54) is 0 Å². The fourth-order valence-electron chi connectivity index (χ4n) is 0.777. The van der Waals surface area contributed by atoms with Crippen molar-refractivity contribution >= 4 is 6.47 Å². The predicted molar refractivity (Wildman–Crippen MR) is 50.3 cm³/mol. The highest BCUT2D eigenvalue weighted by molar-refractivity contribution is 5.32. The molecule has 0 spiro atoms. The van der Waals surface area contributed by atoms with Crippen molar-refractivity contribution in [2.24, 2.45) is 0 Å². The molecule has 1 aliphatic heterocycles. The Labute approximate surface area is 78.6 Å². The van der Waals surface area contributed by atoms with Gasteiger partial charge in [-0.2, -0.15) is 0 Å². The SMILES string of the molecule is CN1C=CN(C(C)(C)C)N1.O=CO. The minimum atomic E-state index is -0.250. The summed E-state index contributed by atoms with van der Waals surface area (Å²) < 4.78 is 0. The highest BCUT2D eigenvalue weighted by Crippen LogP contribution is 2.13. The molecule has 5 heteroatoms. The molecule has 0 unspecified atom stereocenters. The molecule has 0 fully saturated rings. The molecule has 76 valence electrons. The van der Waals surface area contributed by atoms with Gasteiger partial charge in [0.25, 0.3) is 6.47 Å². The zero-order valence-electron chi connectivity index (χ0n) is 8.48. The van der Waals surface area contributed by atoms with Crippen LogP contribution in [0.5, 0.6) is 0 Å². The maximum Gasteiger partial charge on any atom is 0.290 e. The van der Waals surface area contributed by atoms with Crippen LogP contribution in [0.2, 0.25) is 0 Å². The van der Waals surface area contributed by atoms with Crippen molar-refractivity contribution in [3.8, 4) is 0 Å². The highest BCUT2D eigenvalue weighted by Gasteiger charge is 2.21. The monoisotopic (exact) mass is 187 g/mol. The van der Waals surface area contributed by atoms with Crippen LogP contribution in [0.25, 0.3) is 0 Å². The van der Waals surface area contributed by atoms with Crippen LogP contribution in [0.15, 0.2) is 12.4 Å². The summed E-state index contributed by atoms with van der Waals surface area (Å²) in [5.74, 6) is 0. The lowest BCUT2D eigenvalue weighted by Crippen LogP contribution is -2.47. The van der Waals surface area contributed by atoms with Gasteiger partial charge in [0.1, 0.15) is 0 Å². The van der Waals surface area contributed by atoms with Gasteiger partial charge in [-0.3, -0.25) is 14.8 Å². The number of nitrogens with one attached hydrogen (secondary N) is 1. The van der Waals surface area contributed by atoms with Crippen molar-refractivity contribution in [2.75, 3.05) is 7.05 Å². The van der Waals surface area contributed by atoms with Gasteiger partial charge < -0.3 is 5.11 Å². The molecule has 0 saturated carbocycles. The molecule has 1 rings (SSSR count). The van der Waals surface area contributed by atoms with Crippen molar-refractivity contribution in [2.45, 2.75) is 26.3 Å². The molecular weight excluding hydrogens is 170 g/mol. The first-order valence-corrected chi connectivity index (χ1v) is 3.96. The Hall–Kier alpha value is -1.23. The third-order valence-corrected chi connectivity index (χ3v) is 1.43. The van der Waals surface area contributed by atoms with Crippen LogP contribution >= 0.6 is 0 Å². The Morgan fingerprint density at radius 1 is 1.38 bits per heavy atom. The topological polar surface area (TPSA) is 55.8 Å². The van der Waals surface area contributed by atoms with E-state index < -0.39 is 0 Å². The lowest BCUT2D eigenvalue weighted by molar-refractivity contribution is -0.122. The Kier molecular flexibility index (Phi) is 4.27. The molecule has 1 aliphatic rings. The zero-order chi connectivity index (χ0) is 10.5. The van der Waals surface area contributed by atoms with Crippen molar-refractivity contribution in [3.05, 3.63) is 12.4 Å². The second kappa shape index (κ2) is 4.71. The van der Waals surface area contributed by atoms with Crippen LogP contribution in [0, 0.1) is 0 Å². The van der Waals surface area contributed by atoms with E-state index in [4.69, 9.17) is 9.90 Å². The fraction of sp³-hybridized carbons (Fsp3) is 0.625. The van der Waals surface area contributed by atoms with Crippen LogP contribution in [-0.4, -0.2) is 34.2 Å². The first kappa shape index (κ1) is 11.8. The van der Waals surface area contributed by atoms with E-state index >= 15 is 0 Å². The Balaban J connectivity index is 0.000000424. The van der Waals surface area contributed by atoms with E-state index in [-0.39, 0.29) is 12.0 Å². The number of hydrogen-bond acceptors (Lipinski definition) is 4. The molecule has 0 atom stereocenters. The number of hydrazine groups is 2. The van der Waals surface area contributed by atoms with Crippen molar-refractivity contribution in [3.63, 3.8) is 0 Å². The van der Waals surface area contributed by atoms with Gasteiger partial charge in [-0.1, -0.05) is 0 Å². The predicted octanol–water partition coefficient (Wildman–Crippen LogP) is 0.624. The van der Waals surface area contributed by atoms with Gasteiger partial charge in [0.15, 0.2) is 0 Å². The van der Waals surface area contributed by atoms with E-state index in [9.17, 15) is 0 Å². The lowest BCUT2D eigenvalue weighted by Gasteiger charge is -2.32. The van der Waals surface area contributed by atoms with Gasteiger partial charge in [-0.25, -0.2) is 0 Å². The Morgan fingerprint density at radius 3 is 2.00 bits per heavy atom. The quantitative estimate of drug-likeness (QED) is 0.545. The molecule has 0 aromatic carbocycles. The van der Waals surface area contributed by atoms with Crippen LogP contribution in [0.3, 0.4) is 0 Å². The third-order valence-electron chi connectivity index (χ3n) is 1.43. The standard InChI is InChI=1S/C7H15N3.CH2O2/c1-7(2,3)10-6-5-9(4)8-10;2-1-3/h5-6,8H,1-4H3;1H,(H,2,3). The average molecular weight is 187 g/mol. The fourth-order valence-corrected chi connectivity index (χ4v) is 0.777. The Bertz CT molecular complexity index is 186. The number of rotatable bonds is 0. The van der Waals surface area contributed by atoms with Crippen molar-refractivity contribution < 1.29 is 9.90 Å². The largest absolute Gasteiger partial charge is 0.483 e. The van der Waals surface area contributed by atoms with Crippen LogP contribution in [0.1, 0.15) is 20.8 Å². The van der Waals surface area contributed by atoms with Gasteiger partial charge in [0.05, 0.1) is 0 Å². The first-order valence-electron chi connectivity index (χ1n) is 3.96. The molecule has 5 nitrogen and oxygen atoms in total. The van der Waals surface area contributed by atoms with Crippen molar-refractivity contribution in [1.82, 2.24) is 15.6 Å². The van der Waals surface area contributed by atoms with Gasteiger partial charge >= 0.3 is 0 Å². The molecule has 0 saturated heterocycles. The van der Waals surface area contributed by atoms with E-state index in [2.05, 4.69) is 31.3 Å². The van der Waals surface area contributed by atoms with Gasteiger partial charge in [-0.15, -0.1) is 5.53 Å². The smallest absolute Gasteiger partial charge is 0.290 e. The molecular formula is C8H17N3O2. The van der Waals surface area contributed by atoms with E-state index in [1.807, 2.05) is 24.5 Å². The molecule has 0 aliphatic carbocycles. The molecule has 0 aromatic heterocycles. The second-order valence-corrected chi connectivity index (χ2v) is 3.66. The highest BCUT2D eigenvalue weighted by atomic mass is 16.3. The average Bonchev–Trinajstić information content (AvgIpc) is 2.35. The summed E-state index contributed by atoms with van der Waals surface area (Å²) >= 11 is 0. The van der Waals surface area contributed by atoms with Crippen molar-refractivity contribution in [1.29, 1.82) is 0 Å². The Morgan fingerprint density at radius 2 is 1.85 bits per heavy atom. The minimum absolute atomic E-state index is 0.154. The summed E-state index contributed by atoms with van der Waals surface area (Å²) in [6, 6.07) is 0. The van der Waals surface area contributed by atoms with Gasteiger partial charge in [-0.05, 0) is 20.8 Å². The van der Waals surface area contributed by atoms with Crippen LogP contribution in [0.4, 0.5) is 0 Å². The van der Waals surface area contributed by atoms with E-state index in [0.717, 1.165) is 0 Å². The molecule has 1 heterocycles. The maximum atomic E-state index is 8.36.